The fourth-order valence-corrected chi connectivity index (χ4v) is 9.81. The quantitative estimate of drug-likeness (QED) is 0.107. The third-order valence-electron chi connectivity index (χ3n) is 13.6. The van der Waals surface area contributed by atoms with Crippen molar-refractivity contribution in [1.29, 1.82) is 0 Å². The molecule has 0 N–H and O–H groups in total. The first-order valence-corrected chi connectivity index (χ1v) is 24.5. The zero-order chi connectivity index (χ0) is 61.9. The Morgan fingerprint density at radius 1 is 0.514 bits per heavy atom. The minimum atomic E-state index is -2.78. The Morgan fingerprint density at radius 2 is 1.12 bits per heavy atom. The van der Waals surface area contributed by atoms with Crippen LogP contribution in [0.3, 0.4) is 0 Å². The van der Waals surface area contributed by atoms with E-state index in [0.717, 1.165) is 60.9 Å². The molecular weight excluding hydrogens is 901 g/mol. The lowest BCUT2D eigenvalue weighted by Gasteiger charge is -2.24. The summed E-state index contributed by atoms with van der Waals surface area (Å²) in [6, 6.07) is 46.1. The van der Waals surface area contributed by atoms with Gasteiger partial charge in [-0.15, -0.1) is 0 Å². The van der Waals surface area contributed by atoms with Crippen molar-refractivity contribution in [2.45, 2.75) is 59.2 Å². The predicted molar refractivity (Wildman–Crippen MR) is 306 cm³/mol. The number of nitrogens with zero attached hydrogens (tertiary/aromatic N) is 4. The van der Waals surface area contributed by atoms with E-state index in [-0.39, 0.29) is 51.0 Å². The first-order chi connectivity index (χ1) is 41.2. The molecule has 0 radical (unpaired) electrons. The molecule has 360 valence electrons. The highest BCUT2D eigenvalue weighted by atomic mass is 16.5. The lowest BCUT2D eigenvalue weighted by Crippen LogP contribution is -2.31. The first kappa shape index (κ1) is 33.8. The molecule has 0 saturated carbocycles. The van der Waals surface area contributed by atoms with E-state index in [2.05, 4.69) is 72.1 Å². The van der Waals surface area contributed by atoms with E-state index >= 15 is 0 Å². The Bertz CT molecular complexity index is 4680. The van der Waals surface area contributed by atoms with Gasteiger partial charge < -0.3 is 4.74 Å². The van der Waals surface area contributed by atoms with Crippen LogP contribution in [-0.4, -0.2) is 14.1 Å². The normalized spacial score (nSPS) is 14.6. The number of ether oxygens (including phenoxy) is 1. The second-order valence-electron chi connectivity index (χ2n) is 20.6. The van der Waals surface area contributed by atoms with Crippen molar-refractivity contribution in [2.24, 2.45) is 0 Å². The third kappa shape index (κ3) is 8.54. The Hall–Kier alpha value is -8.80. The van der Waals surface area contributed by atoms with Gasteiger partial charge in [-0.25, -0.2) is 4.98 Å². The molecule has 3 aromatic heterocycles. The summed E-state index contributed by atoms with van der Waals surface area (Å²) in [6.07, 6.45) is 5.02. The van der Waals surface area contributed by atoms with Crippen molar-refractivity contribution >= 4 is 32.8 Å². The molecule has 5 heteroatoms. The smallest absolute Gasteiger partial charge is 0.269 e. The maximum atomic E-state index is 9.21. The van der Waals surface area contributed by atoms with E-state index in [1.807, 2.05) is 141 Å². The highest BCUT2D eigenvalue weighted by Gasteiger charge is 2.25. The summed E-state index contributed by atoms with van der Waals surface area (Å²) in [5.74, 6) is 1.17. The van der Waals surface area contributed by atoms with E-state index in [9.17, 15) is 2.74 Å². The van der Waals surface area contributed by atoms with Crippen LogP contribution in [0.4, 0.5) is 0 Å². The van der Waals surface area contributed by atoms with Gasteiger partial charge in [0.05, 0.1) is 47.1 Å². The third-order valence-corrected chi connectivity index (χ3v) is 13.6. The molecular formula is C69H58N4O. The summed E-state index contributed by atoms with van der Waals surface area (Å²) in [4.78, 5) is 4.74. The monoisotopic (exact) mass is 972 g/mol. The van der Waals surface area contributed by atoms with Gasteiger partial charge in [-0.05, 0) is 128 Å². The Labute approximate surface area is 452 Å². The van der Waals surface area contributed by atoms with Crippen molar-refractivity contribution < 1.29 is 27.1 Å². The van der Waals surface area contributed by atoms with Crippen molar-refractivity contribution in [2.75, 3.05) is 0 Å². The van der Waals surface area contributed by atoms with Gasteiger partial charge in [0, 0.05) is 32.7 Å². The van der Waals surface area contributed by atoms with Gasteiger partial charge in [0.25, 0.3) is 6.33 Å². The number of rotatable bonds is 9. The number of benzene rings is 9. The number of aromatic nitrogens is 4. The van der Waals surface area contributed by atoms with Gasteiger partial charge in [-0.1, -0.05) is 199 Å². The summed E-state index contributed by atoms with van der Waals surface area (Å²) >= 11 is 0. The van der Waals surface area contributed by atoms with Crippen LogP contribution < -0.4 is 9.30 Å². The lowest BCUT2D eigenvalue weighted by molar-refractivity contribution is -0.571. The predicted octanol–water partition coefficient (Wildman–Crippen LogP) is 17.6. The van der Waals surface area contributed by atoms with E-state index < -0.39 is 55.2 Å². The molecule has 3 heterocycles. The van der Waals surface area contributed by atoms with Crippen molar-refractivity contribution in [1.82, 2.24) is 14.1 Å². The Kier molecular flexibility index (Phi) is 8.38. The van der Waals surface area contributed by atoms with Gasteiger partial charge in [-0.2, -0.15) is 0 Å². The van der Waals surface area contributed by atoms with Crippen LogP contribution in [0.25, 0.3) is 94.5 Å². The zero-order valence-corrected chi connectivity index (χ0v) is 41.8. The minimum Gasteiger partial charge on any atom is -0.458 e. The van der Waals surface area contributed by atoms with Gasteiger partial charge in [0.1, 0.15) is 17.3 Å². The molecule has 12 rings (SSSR count). The van der Waals surface area contributed by atoms with E-state index in [0.29, 0.717) is 33.8 Å². The van der Waals surface area contributed by atoms with E-state index in [1.54, 1.807) is 0 Å². The molecule has 5 nitrogen and oxygen atoms in total. The molecule has 0 saturated heterocycles. The summed E-state index contributed by atoms with van der Waals surface area (Å²) in [5.41, 5.74) is 9.23. The van der Waals surface area contributed by atoms with Crippen LogP contribution in [0.2, 0.25) is 0 Å². The molecule has 0 unspecified atom stereocenters. The van der Waals surface area contributed by atoms with Crippen LogP contribution in [0.5, 0.6) is 11.5 Å². The summed E-state index contributed by atoms with van der Waals surface area (Å²) in [6.45, 7) is 10.2. The molecule has 0 fully saturated rings. The van der Waals surface area contributed by atoms with Crippen LogP contribution in [0, 0.1) is 13.2 Å². The SMILES string of the molecule is [2H]c1c([2H])c([2H])c(-c2cc(-c3cccc(C(C)(C)C)c3)c(-[n+]3[c-]n(-c4cccc(Oc5ccc6c7ccccc7n(-c7cc(C([2H])([2H])[2H])c(-c8c([2H])c([2H])c([2H])c([2H])c8[2H])cn7)c6c5)c4)c4ccccc43)c(-c3cccc(C(C)(C)C)c3)c2)c([2H])c1[2H]. The molecule has 0 aliphatic carbocycles. The average Bonchev–Trinajstić information content (AvgIpc) is 2.50. The maximum absolute atomic E-state index is 9.21. The molecule has 0 amide bonds. The molecule has 9 aromatic carbocycles. The highest BCUT2D eigenvalue weighted by molar-refractivity contribution is 6.09. The summed E-state index contributed by atoms with van der Waals surface area (Å²) < 4.78 is 125. The number of fused-ring (bicyclic) bond motifs is 4. The fourth-order valence-electron chi connectivity index (χ4n) is 9.81. The lowest BCUT2D eigenvalue weighted by atomic mass is 9.83. The van der Waals surface area contributed by atoms with Crippen LogP contribution in [0.15, 0.2) is 224 Å². The zero-order valence-electron chi connectivity index (χ0n) is 54.8. The molecule has 74 heavy (non-hydrogen) atoms. The van der Waals surface area contributed by atoms with Gasteiger partial charge in [0.2, 0.25) is 0 Å². The number of hydrogen-bond acceptors (Lipinski definition) is 2. The highest BCUT2D eigenvalue weighted by Crippen LogP contribution is 2.42. The fraction of sp³-hybridized carbons (Fsp3) is 0.130. The Balaban J connectivity index is 1.03. The van der Waals surface area contributed by atoms with Crippen LogP contribution >= 0.6 is 0 Å². The number of aryl methyl sites for hydroxylation is 1. The van der Waals surface area contributed by atoms with E-state index in [4.69, 9.17) is 24.8 Å². The standard InChI is InChI=1S/C69H58N4O/c1-46-37-66(70-44-61(46)48-23-12-9-13-24-48)73-62-32-15-14-31-57(62)58-36-35-56(43-65(58)73)74-55-30-20-29-54(42-55)71-45-72(64-34-17-16-33-63(64)71)67-59(49-25-18-27-52(38-49)68(2,3)4)40-51(47-21-10-8-11-22-47)41-60(67)50-26-19-28-53(39-50)69(5,6)7/h8-44H,1-7H3/i1D3,8D,9D,10D,11D,12D,13D,21D,22D,23D,24D. The number of hydrogen-bond donors (Lipinski definition) is 0. The summed E-state index contributed by atoms with van der Waals surface area (Å²) in [5, 5.41) is 1.68. The molecule has 0 bridgehead atoms. The molecule has 0 aliphatic heterocycles. The second-order valence-corrected chi connectivity index (χ2v) is 20.6. The Morgan fingerprint density at radius 3 is 1.80 bits per heavy atom. The minimum absolute atomic E-state index is 0.0891. The van der Waals surface area contributed by atoms with Crippen molar-refractivity contribution in [3.05, 3.63) is 247 Å². The number of pyridine rings is 1. The average molecular weight is 972 g/mol. The van der Waals surface area contributed by atoms with Crippen LogP contribution in [-0.2, 0) is 10.8 Å². The number of para-hydroxylation sites is 3. The largest absolute Gasteiger partial charge is 0.458 e. The topological polar surface area (TPSA) is 35.9 Å². The maximum Gasteiger partial charge on any atom is 0.269 e. The van der Waals surface area contributed by atoms with Gasteiger partial charge in [0.15, 0.2) is 0 Å². The molecule has 0 aliphatic rings. The number of imidazole rings is 1. The van der Waals surface area contributed by atoms with Gasteiger partial charge >= 0.3 is 0 Å². The van der Waals surface area contributed by atoms with Crippen LogP contribution in [0.1, 0.15) is 76.1 Å². The second kappa shape index (κ2) is 18.4. The molecule has 0 spiro atoms. The van der Waals surface area contributed by atoms with Gasteiger partial charge in [-0.3, -0.25) is 13.7 Å². The molecule has 12 aromatic rings. The van der Waals surface area contributed by atoms with Crippen molar-refractivity contribution in [3.63, 3.8) is 0 Å². The first-order valence-electron chi connectivity index (χ1n) is 31.0. The van der Waals surface area contributed by atoms with Crippen molar-refractivity contribution in [3.8, 4) is 73.2 Å². The van der Waals surface area contributed by atoms with E-state index in [1.165, 1.54) is 12.3 Å². The summed E-state index contributed by atoms with van der Waals surface area (Å²) in [7, 11) is 0. The molecule has 0 atom stereocenters.